The highest BCUT2D eigenvalue weighted by Crippen LogP contribution is 2.01. The van der Waals surface area contributed by atoms with Gasteiger partial charge >= 0.3 is 5.97 Å². The number of hydrogen-bond donors (Lipinski definition) is 1. The van der Waals surface area contributed by atoms with Gasteiger partial charge in [0, 0.05) is 6.42 Å². The van der Waals surface area contributed by atoms with Crippen LogP contribution in [0.4, 0.5) is 0 Å². The summed E-state index contributed by atoms with van der Waals surface area (Å²) in [6, 6.07) is 0. The predicted octanol–water partition coefficient (Wildman–Crippen LogP) is 0.736. The first-order valence-corrected chi connectivity index (χ1v) is 5.06. The highest BCUT2D eigenvalue weighted by molar-refractivity contribution is 5.66. The molecule has 0 saturated carbocycles. The van der Waals surface area contributed by atoms with Gasteiger partial charge in [-0.2, -0.15) is 4.80 Å². The first-order valence-electron chi connectivity index (χ1n) is 5.06. The number of tetrazole rings is 1. The van der Waals surface area contributed by atoms with Gasteiger partial charge in [-0.05, 0) is 17.6 Å². The molecule has 0 aliphatic carbocycles. The molecular weight excluding hydrogens is 196 g/mol. The number of hydrogen-bond acceptors (Lipinski definition) is 4. The van der Waals surface area contributed by atoms with Crippen molar-refractivity contribution in [3.8, 4) is 0 Å². The van der Waals surface area contributed by atoms with Crippen LogP contribution in [0.5, 0.6) is 0 Å². The summed E-state index contributed by atoms with van der Waals surface area (Å²) in [6.07, 6.45) is 1.39. The molecule has 15 heavy (non-hydrogen) atoms. The van der Waals surface area contributed by atoms with Gasteiger partial charge in [-0.3, -0.25) is 4.79 Å². The van der Waals surface area contributed by atoms with Crippen molar-refractivity contribution >= 4 is 5.97 Å². The maximum atomic E-state index is 10.3. The number of rotatable bonds is 6. The van der Waals surface area contributed by atoms with Crippen molar-refractivity contribution in [3.05, 3.63) is 5.82 Å². The zero-order valence-corrected chi connectivity index (χ0v) is 9.05. The van der Waals surface area contributed by atoms with Gasteiger partial charge in [-0.25, -0.2) is 0 Å². The van der Waals surface area contributed by atoms with Crippen molar-refractivity contribution < 1.29 is 9.90 Å². The largest absolute Gasteiger partial charge is 0.481 e. The second kappa shape index (κ2) is 5.43. The number of aromatic nitrogens is 4. The molecule has 1 aromatic heterocycles. The van der Waals surface area contributed by atoms with E-state index in [0.717, 1.165) is 13.0 Å². The summed E-state index contributed by atoms with van der Waals surface area (Å²) < 4.78 is 0. The van der Waals surface area contributed by atoms with E-state index in [1.807, 2.05) is 0 Å². The lowest BCUT2D eigenvalue weighted by Crippen LogP contribution is -2.06. The standard InChI is InChI=1S/C9H16N4O2/c1-7(2)5-6-13-11-8(10-12-13)3-4-9(14)15/h7H,3-6H2,1-2H3,(H,14,15). The van der Waals surface area contributed by atoms with Gasteiger partial charge in [0.25, 0.3) is 0 Å². The molecule has 0 aromatic carbocycles. The van der Waals surface area contributed by atoms with E-state index in [4.69, 9.17) is 5.11 Å². The van der Waals surface area contributed by atoms with Crippen LogP contribution >= 0.6 is 0 Å². The molecule has 84 valence electrons. The van der Waals surface area contributed by atoms with E-state index in [-0.39, 0.29) is 6.42 Å². The molecule has 0 fully saturated rings. The molecule has 1 heterocycles. The lowest BCUT2D eigenvalue weighted by Gasteiger charge is -2.01. The summed E-state index contributed by atoms with van der Waals surface area (Å²) in [6.45, 7) is 4.99. The number of aliphatic carboxylic acids is 1. The van der Waals surface area contributed by atoms with Crippen LogP contribution in [0.15, 0.2) is 0 Å². The summed E-state index contributed by atoms with van der Waals surface area (Å²) in [5.41, 5.74) is 0. The number of nitrogens with zero attached hydrogens (tertiary/aromatic N) is 4. The van der Waals surface area contributed by atoms with Crippen LogP contribution in [0.25, 0.3) is 0 Å². The topological polar surface area (TPSA) is 80.9 Å². The Kier molecular flexibility index (Phi) is 4.20. The number of aryl methyl sites for hydroxylation is 2. The van der Waals surface area contributed by atoms with E-state index in [1.165, 1.54) is 4.80 Å². The van der Waals surface area contributed by atoms with Crippen LogP contribution in [0.2, 0.25) is 0 Å². The molecule has 0 aliphatic rings. The molecular formula is C9H16N4O2. The first-order chi connectivity index (χ1) is 7.08. The molecule has 0 aliphatic heterocycles. The summed E-state index contributed by atoms with van der Waals surface area (Å²) in [5.74, 6) is 0.258. The average molecular weight is 212 g/mol. The second-order valence-electron chi connectivity index (χ2n) is 3.88. The molecule has 1 rings (SSSR count). The Bertz CT molecular complexity index is 322. The molecule has 0 atom stereocenters. The van der Waals surface area contributed by atoms with Crippen LogP contribution in [-0.2, 0) is 17.8 Å². The highest BCUT2D eigenvalue weighted by Gasteiger charge is 2.05. The van der Waals surface area contributed by atoms with Gasteiger partial charge in [0.1, 0.15) is 0 Å². The van der Waals surface area contributed by atoms with Gasteiger partial charge in [-0.15, -0.1) is 10.2 Å². The lowest BCUT2D eigenvalue weighted by atomic mass is 10.1. The minimum Gasteiger partial charge on any atom is -0.481 e. The van der Waals surface area contributed by atoms with Crippen molar-refractivity contribution in [1.29, 1.82) is 0 Å². The molecule has 6 heteroatoms. The Morgan fingerprint density at radius 3 is 2.87 bits per heavy atom. The van der Waals surface area contributed by atoms with Crippen molar-refractivity contribution in [2.45, 2.75) is 39.7 Å². The molecule has 0 unspecified atom stereocenters. The van der Waals surface area contributed by atoms with E-state index < -0.39 is 5.97 Å². The SMILES string of the molecule is CC(C)CCn1nnc(CCC(=O)O)n1. The molecule has 6 nitrogen and oxygen atoms in total. The Labute approximate surface area is 88.3 Å². The molecule has 1 N–H and O–H groups in total. The fourth-order valence-corrected chi connectivity index (χ4v) is 1.06. The quantitative estimate of drug-likeness (QED) is 0.752. The van der Waals surface area contributed by atoms with Gasteiger partial charge < -0.3 is 5.11 Å². The maximum absolute atomic E-state index is 10.3. The predicted molar refractivity (Wildman–Crippen MR) is 53.2 cm³/mol. The summed E-state index contributed by atoms with van der Waals surface area (Å²) in [4.78, 5) is 11.8. The molecule has 0 saturated heterocycles. The molecule has 0 amide bonds. The zero-order valence-electron chi connectivity index (χ0n) is 9.05. The first kappa shape index (κ1) is 11.6. The van der Waals surface area contributed by atoms with E-state index in [2.05, 4.69) is 29.3 Å². The minimum atomic E-state index is -0.839. The smallest absolute Gasteiger partial charge is 0.303 e. The van der Waals surface area contributed by atoms with E-state index in [0.29, 0.717) is 18.2 Å². The molecule has 0 bridgehead atoms. The molecule has 0 spiro atoms. The van der Waals surface area contributed by atoms with Crippen LogP contribution in [0, 0.1) is 5.92 Å². The molecule has 1 aromatic rings. The Hall–Kier alpha value is -1.46. The van der Waals surface area contributed by atoms with Gasteiger partial charge in [-0.1, -0.05) is 13.8 Å². The minimum absolute atomic E-state index is 0.0515. The second-order valence-corrected chi connectivity index (χ2v) is 3.88. The number of carboxylic acids is 1. The van der Waals surface area contributed by atoms with E-state index >= 15 is 0 Å². The van der Waals surface area contributed by atoms with Crippen LogP contribution in [0.1, 0.15) is 32.5 Å². The van der Waals surface area contributed by atoms with Crippen LogP contribution in [-0.4, -0.2) is 31.3 Å². The van der Waals surface area contributed by atoms with Crippen molar-refractivity contribution in [1.82, 2.24) is 20.2 Å². The monoisotopic (exact) mass is 212 g/mol. The third-order valence-corrected chi connectivity index (χ3v) is 1.96. The van der Waals surface area contributed by atoms with Gasteiger partial charge in [0.15, 0.2) is 5.82 Å². The van der Waals surface area contributed by atoms with Crippen molar-refractivity contribution in [2.75, 3.05) is 0 Å². The highest BCUT2D eigenvalue weighted by atomic mass is 16.4. The molecule has 0 radical (unpaired) electrons. The van der Waals surface area contributed by atoms with E-state index in [9.17, 15) is 4.79 Å². The fraction of sp³-hybridized carbons (Fsp3) is 0.778. The summed E-state index contributed by atoms with van der Waals surface area (Å²) in [5, 5.41) is 20.2. The van der Waals surface area contributed by atoms with Gasteiger partial charge in [0.2, 0.25) is 0 Å². The summed E-state index contributed by atoms with van der Waals surface area (Å²) >= 11 is 0. The number of carboxylic acid groups (broad SMARTS) is 1. The van der Waals surface area contributed by atoms with Crippen LogP contribution in [0.3, 0.4) is 0 Å². The third kappa shape index (κ3) is 4.53. The lowest BCUT2D eigenvalue weighted by molar-refractivity contribution is -0.137. The van der Waals surface area contributed by atoms with Crippen molar-refractivity contribution in [3.63, 3.8) is 0 Å². The van der Waals surface area contributed by atoms with E-state index in [1.54, 1.807) is 0 Å². The number of carbonyl (C=O) groups is 1. The fourth-order valence-electron chi connectivity index (χ4n) is 1.06. The average Bonchev–Trinajstić information content (AvgIpc) is 2.59. The Balaban J connectivity index is 2.38. The third-order valence-electron chi connectivity index (χ3n) is 1.96. The normalized spacial score (nSPS) is 10.9. The maximum Gasteiger partial charge on any atom is 0.303 e. The summed E-state index contributed by atoms with van der Waals surface area (Å²) in [7, 11) is 0. The van der Waals surface area contributed by atoms with Gasteiger partial charge in [0.05, 0.1) is 13.0 Å². The van der Waals surface area contributed by atoms with Crippen molar-refractivity contribution in [2.24, 2.45) is 5.92 Å². The Morgan fingerprint density at radius 2 is 2.27 bits per heavy atom. The zero-order chi connectivity index (χ0) is 11.3. The Morgan fingerprint density at radius 1 is 1.53 bits per heavy atom. The van der Waals surface area contributed by atoms with Crippen LogP contribution < -0.4 is 0 Å².